The first-order valence-electron chi connectivity index (χ1n) is 6.90. The predicted molar refractivity (Wildman–Crippen MR) is 85.3 cm³/mol. The second-order valence-corrected chi connectivity index (χ2v) is 6.01. The van der Waals surface area contributed by atoms with Crippen LogP contribution >= 0.6 is 23.2 Å². The molecule has 1 saturated carbocycles. The van der Waals surface area contributed by atoms with E-state index in [1.165, 1.54) is 11.1 Å². The van der Waals surface area contributed by atoms with Gasteiger partial charge in [-0.15, -0.1) is 0 Å². The molecular weight excluding hydrogens is 309 g/mol. The lowest BCUT2D eigenvalue weighted by atomic mass is 9.93. The SMILES string of the molecule is O=c1cc(NC2CCC2)cnn1Cc1cccc(Cl)c1Cl. The van der Waals surface area contributed by atoms with Gasteiger partial charge in [-0.2, -0.15) is 5.10 Å². The van der Waals surface area contributed by atoms with Crippen molar-refractivity contribution in [3.8, 4) is 0 Å². The molecule has 1 N–H and O–H groups in total. The summed E-state index contributed by atoms with van der Waals surface area (Å²) in [6, 6.07) is 7.41. The fourth-order valence-electron chi connectivity index (χ4n) is 2.25. The zero-order valence-electron chi connectivity index (χ0n) is 11.4. The number of rotatable bonds is 4. The van der Waals surface area contributed by atoms with Crippen molar-refractivity contribution in [2.24, 2.45) is 0 Å². The number of hydrogen-bond acceptors (Lipinski definition) is 3. The highest BCUT2D eigenvalue weighted by Crippen LogP contribution is 2.26. The first kappa shape index (κ1) is 14.4. The van der Waals surface area contributed by atoms with Gasteiger partial charge in [-0.25, -0.2) is 4.68 Å². The van der Waals surface area contributed by atoms with E-state index in [4.69, 9.17) is 23.2 Å². The molecule has 1 fully saturated rings. The first-order valence-corrected chi connectivity index (χ1v) is 7.65. The van der Waals surface area contributed by atoms with Crippen molar-refractivity contribution in [2.75, 3.05) is 5.32 Å². The fourth-order valence-corrected chi connectivity index (χ4v) is 2.63. The minimum absolute atomic E-state index is 0.157. The van der Waals surface area contributed by atoms with Crippen LogP contribution in [0.1, 0.15) is 24.8 Å². The van der Waals surface area contributed by atoms with Gasteiger partial charge >= 0.3 is 0 Å². The molecule has 1 aromatic heterocycles. The van der Waals surface area contributed by atoms with Crippen LogP contribution in [-0.2, 0) is 6.54 Å². The van der Waals surface area contributed by atoms with Gasteiger partial charge in [-0.1, -0.05) is 35.3 Å². The Labute approximate surface area is 132 Å². The molecule has 0 atom stereocenters. The van der Waals surface area contributed by atoms with Gasteiger partial charge in [-0.05, 0) is 30.9 Å². The molecule has 0 radical (unpaired) electrons. The maximum atomic E-state index is 12.1. The van der Waals surface area contributed by atoms with Crippen LogP contribution in [0.15, 0.2) is 35.3 Å². The maximum Gasteiger partial charge on any atom is 0.269 e. The zero-order chi connectivity index (χ0) is 14.8. The van der Waals surface area contributed by atoms with Gasteiger partial charge in [0.05, 0.1) is 28.5 Å². The van der Waals surface area contributed by atoms with Crippen LogP contribution < -0.4 is 10.9 Å². The Balaban J connectivity index is 1.79. The predicted octanol–water partition coefficient (Wildman–Crippen LogP) is 3.56. The van der Waals surface area contributed by atoms with Crippen molar-refractivity contribution < 1.29 is 0 Å². The fraction of sp³-hybridized carbons (Fsp3) is 0.333. The average Bonchev–Trinajstić information content (AvgIpc) is 2.42. The molecule has 4 nitrogen and oxygen atoms in total. The molecule has 110 valence electrons. The number of nitrogens with zero attached hydrogens (tertiary/aromatic N) is 2. The number of halogens is 2. The van der Waals surface area contributed by atoms with Crippen molar-refractivity contribution >= 4 is 28.9 Å². The minimum atomic E-state index is -0.157. The van der Waals surface area contributed by atoms with Gasteiger partial charge < -0.3 is 5.32 Å². The lowest BCUT2D eigenvalue weighted by Crippen LogP contribution is -2.29. The molecule has 0 amide bonds. The summed E-state index contributed by atoms with van der Waals surface area (Å²) in [7, 11) is 0. The normalized spacial score (nSPS) is 14.8. The van der Waals surface area contributed by atoms with Crippen LogP contribution in [0.5, 0.6) is 0 Å². The molecule has 0 aliphatic heterocycles. The van der Waals surface area contributed by atoms with Crippen LogP contribution in [0.3, 0.4) is 0 Å². The van der Waals surface area contributed by atoms with Crippen molar-refractivity contribution in [2.45, 2.75) is 31.8 Å². The maximum absolute atomic E-state index is 12.1. The van der Waals surface area contributed by atoms with Crippen molar-refractivity contribution in [3.63, 3.8) is 0 Å². The van der Waals surface area contributed by atoms with E-state index >= 15 is 0 Å². The van der Waals surface area contributed by atoms with E-state index in [9.17, 15) is 4.79 Å². The van der Waals surface area contributed by atoms with Crippen LogP contribution in [0.25, 0.3) is 0 Å². The Morgan fingerprint density at radius 1 is 1.33 bits per heavy atom. The third-order valence-corrected chi connectivity index (χ3v) is 4.56. The molecule has 0 spiro atoms. The van der Waals surface area contributed by atoms with Crippen LogP contribution in [-0.4, -0.2) is 15.8 Å². The Morgan fingerprint density at radius 3 is 2.81 bits per heavy atom. The summed E-state index contributed by atoms with van der Waals surface area (Å²) in [5.74, 6) is 0. The molecule has 1 aromatic carbocycles. The average molecular weight is 324 g/mol. The molecule has 1 aliphatic carbocycles. The summed E-state index contributed by atoms with van der Waals surface area (Å²) in [4.78, 5) is 12.1. The largest absolute Gasteiger partial charge is 0.381 e. The van der Waals surface area contributed by atoms with Crippen molar-refractivity contribution in [3.05, 3.63) is 56.4 Å². The van der Waals surface area contributed by atoms with Gasteiger partial charge in [0, 0.05) is 12.1 Å². The van der Waals surface area contributed by atoms with Crippen molar-refractivity contribution in [1.82, 2.24) is 9.78 Å². The van der Waals surface area contributed by atoms with Crippen LogP contribution in [0.2, 0.25) is 10.0 Å². The van der Waals surface area contributed by atoms with E-state index in [1.807, 2.05) is 6.07 Å². The van der Waals surface area contributed by atoms with Gasteiger partial charge in [0.1, 0.15) is 0 Å². The molecule has 2 aromatic rings. The van der Waals surface area contributed by atoms with Crippen LogP contribution in [0, 0.1) is 0 Å². The molecule has 1 aliphatic rings. The molecule has 0 saturated heterocycles. The van der Waals surface area contributed by atoms with E-state index in [-0.39, 0.29) is 5.56 Å². The summed E-state index contributed by atoms with van der Waals surface area (Å²) in [5, 5.41) is 8.44. The van der Waals surface area contributed by atoms with Gasteiger partial charge in [0.25, 0.3) is 5.56 Å². The monoisotopic (exact) mass is 323 g/mol. The molecule has 3 rings (SSSR count). The number of anilines is 1. The van der Waals surface area contributed by atoms with Gasteiger partial charge in [0.2, 0.25) is 0 Å². The van der Waals surface area contributed by atoms with E-state index in [0.29, 0.717) is 22.6 Å². The zero-order valence-corrected chi connectivity index (χ0v) is 12.9. The quantitative estimate of drug-likeness (QED) is 0.935. The summed E-state index contributed by atoms with van der Waals surface area (Å²) in [6.07, 6.45) is 5.23. The Bertz CT molecular complexity index is 710. The number of hydrogen-bond donors (Lipinski definition) is 1. The third-order valence-electron chi connectivity index (χ3n) is 3.70. The summed E-state index contributed by atoms with van der Waals surface area (Å²) in [6.45, 7) is 0.307. The molecule has 0 bridgehead atoms. The second kappa shape index (κ2) is 6.08. The highest BCUT2D eigenvalue weighted by molar-refractivity contribution is 6.42. The highest BCUT2D eigenvalue weighted by Gasteiger charge is 2.17. The Hall–Kier alpha value is -1.52. The highest BCUT2D eigenvalue weighted by atomic mass is 35.5. The summed E-state index contributed by atoms with van der Waals surface area (Å²) in [5.41, 5.74) is 1.40. The van der Waals surface area contributed by atoms with Crippen molar-refractivity contribution in [1.29, 1.82) is 0 Å². The Morgan fingerprint density at radius 2 is 2.14 bits per heavy atom. The molecule has 6 heteroatoms. The van der Waals surface area contributed by atoms with E-state index in [1.54, 1.807) is 24.4 Å². The first-order chi connectivity index (χ1) is 10.1. The molecule has 1 heterocycles. The van der Waals surface area contributed by atoms with E-state index in [2.05, 4.69) is 10.4 Å². The number of nitrogens with one attached hydrogen (secondary N) is 1. The number of aromatic nitrogens is 2. The topological polar surface area (TPSA) is 46.9 Å². The Kier molecular flexibility index (Phi) is 4.17. The molecule has 21 heavy (non-hydrogen) atoms. The lowest BCUT2D eigenvalue weighted by molar-refractivity contribution is 0.445. The standard InChI is InChI=1S/C15H15Cl2N3O/c16-13-6-1-3-10(15(13)17)9-20-14(21)7-12(8-18-20)19-11-4-2-5-11/h1,3,6-8,11,19H,2,4-5,9H2. The lowest BCUT2D eigenvalue weighted by Gasteiger charge is -2.27. The summed E-state index contributed by atoms with van der Waals surface area (Å²) < 4.78 is 1.38. The van der Waals surface area contributed by atoms with Gasteiger partial charge in [0.15, 0.2) is 0 Å². The van der Waals surface area contributed by atoms with E-state index < -0.39 is 0 Å². The smallest absolute Gasteiger partial charge is 0.269 e. The summed E-state index contributed by atoms with van der Waals surface area (Å²) >= 11 is 12.1. The second-order valence-electron chi connectivity index (χ2n) is 5.23. The number of benzene rings is 1. The molecule has 0 unspecified atom stereocenters. The third kappa shape index (κ3) is 3.22. The minimum Gasteiger partial charge on any atom is -0.381 e. The van der Waals surface area contributed by atoms with Gasteiger partial charge in [-0.3, -0.25) is 4.79 Å². The van der Waals surface area contributed by atoms with Crippen LogP contribution in [0.4, 0.5) is 5.69 Å². The molecular formula is C15H15Cl2N3O. The van der Waals surface area contributed by atoms with E-state index in [0.717, 1.165) is 24.1 Å².